The zero-order chi connectivity index (χ0) is 14.4. The monoisotopic (exact) mass is 292 g/mol. The predicted octanol–water partition coefficient (Wildman–Crippen LogP) is 3.29. The molecule has 20 heavy (non-hydrogen) atoms. The first-order valence-corrected chi connectivity index (χ1v) is 8.07. The number of aryl methyl sites for hydroxylation is 1. The van der Waals surface area contributed by atoms with Crippen LogP contribution in [0.3, 0.4) is 0 Å². The lowest BCUT2D eigenvalue weighted by atomic mass is 9.87. The molecule has 0 spiro atoms. The third kappa shape index (κ3) is 3.34. The van der Waals surface area contributed by atoms with E-state index in [9.17, 15) is 10.1 Å². The molecule has 0 unspecified atom stereocenters. The van der Waals surface area contributed by atoms with Crippen LogP contribution in [-0.2, 0) is 11.2 Å². The molecule has 0 radical (unpaired) electrons. The van der Waals surface area contributed by atoms with E-state index in [0.717, 1.165) is 30.7 Å². The Balaban J connectivity index is 1.93. The lowest BCUT2D eigenvalue weighted by Gasteiger charge is -2.17. The Morgan fingerprint density at radius 3 is 2.80 bits per heavy atom. The van der Waals surface area contributed by atoms with Gasteiger partial charge in [-0.3, -0.25) is 10.1 Å². The van der Waals surface area contributed by atoms with Crippen LogP contribution in [0, 0.1) is 16.7 Å². The lowest BCUT2D eigenvalue weighted by molar-refractivity contribution is -0.122. The predicted molar refractivity (Wildman–Crippen MR) is 78.3 cm³/mol. The minimum Gasteiger partial charge on any atom is -0.299 e. The van der Waals surface area contributed by atoms with Crippen LogP contribution >= 0.6 is 11.3 Å². The largest absolute Gasteiger partial charge is 0.299 e. The van der Waals surface area contributed by atoms with Crippen LogP contribution < -0.4 is 5.32 Å². The van der Waals surface area contributed by atoms with E-state index < -0.39 is 5.41 Å². The molecule has 1 fully saturated rings. The summed E-state index contributed by atoms with van der Waals surface area (Å²) >= 11 is 1.42. The second kappa shape index (κ2) is 6.80. The number of nitrogens with one attached hydrogen (secondary N) is 1. The smallest absolute Gasteiger partial charge is 0.246 e. The van der Waals surface area contributed by atoms with Gasteiger partial charge in [-0.1, -0.05) is 43.9 Å². The molecule has 1 aromatic rings. The minimum absolute atomic E-state index is 0.214. The van der Waals surface area contributed by atoms with E-state index in [4.69, 9.17) is 0 Å². The Bertz CT molecular complexity index is 500. The first-order valence-electron chi connectivity index (χ1n) is 7.25. The highest BCUT2D eigenvalue weighted by Crippen LogP contribution is 2.38. The summed E-state index contributed by atoms with van der Waals surface area (Å²) in [5.74, 6) is -0.214. The highest BCUT2D eigenvalue weighted by Gasteiger charge is 2.41. The van der Waals surface area contributed by atoms with E-state index >= 15 is 0 Å². The van der Waals surface area contributed by atoms with Crippen LogP contribution in [0.1, 0.15) is 56.9 Å². The molecule has 2 rings (SSSR count). The molecule has 0 aliphatic heterocycles. The average Bonchev–Trinajstić information content (AvgIpc) is 3.09. The summed E-state index contributed by atoms with van der Waals surface area (Å²) in [6, 6.07) is 2.19. The van der Waals surface area contributed by atoms with Crippen LogP contribution in [0.25, 0.3) is 0 Å². The van der Waals surface area contributed by atoms with Gasteiger partial charge in [0.1, 0.15) is 10.4 Å². The lowest BCUT2D eigenvalue weighted by Crippen LogP contribution is -2.32. The van der Waals surface area contributed by atoms with E-state index in [-0.39, 0.29) is 5.91 Å². The minimum atomic E-state index is -0.853. The fourth-order valence-corrected chi connectivity index (χ4v) is 3.29. The molecule has 5 nitrogen and oxygen atoms in total. The molecule has 1 N–H and O–H groups in total. The van der Waals surface area contributed by atoms with Gasteiger partial charge >= 0.3 is 0 Å². The number of nitriles is 1. The number of anilines is 1. The summed E-state index contributed by atoms with van der Waals surface area (Å²) in [5, 5.41) is 21.6. The van der Waals surface area contributed by atoms with E-state index in [0.29, 0.717) is 18.0 Å². The van der Waals surface area contributed by atoms with Crippen molar-refractivity contribution >= 4 is 22.4 Å². The maximum absolute atomic E-state index is 12.2. The average molecular weight is 292 g/mol. The van der Waals surface area contributed by atoms with E-state index in [2.05, 4.69) is 28.5 Å². The van der Waals surface area contributed by atoms with Crippen molar-refractivity contribution in [1.29, 1.82) is 5.26 Å². The van der Waals surface area contributed by atoms with Gasteiger partial charge in [0.2, 0.25) is 11.0 Å². The summed E-state index contributed by atoms with van der Waals surface area (Å²) in [4.78, 5) is 12.2. The van der Waals surface area contributed by atoms with Crippen molar-refractivity contribution in [2.24, 2.45) is 5.41 Å². The van der Waals surface area contributed by atoms with Gasteiger partial charge in [-0.05, 0) is 19.3 Å². The fraction of sp³-hybridized carbons (Fsp3) is 0.714. The van der Waals surface area contributed by atoms with Crippen molar-refractivity contribution < 1.29 is 4.79 Å². The summed E-state index contributed by atoms with van der Waals surface area (Å²) in [5.41, 5.74) is -0.853. The van der Waals surface area contributed by atoms with Gasteiger partial charge < -0.3 is 0 Å². The molecule has 1 amide bonds. The quantitative estimate of drug-likeness (QED) is 0.816. The number of nitrogens with zero attached hydrogens (tertiary/aromatic N) is 3. The first kappa shape index (κ1) is 14.9. The van der Waals surface area contributed by atoms with Crippen molar-refractivity contribution in [3.05, 3.63) is 5.01 Å². The molecule has 108 valence electrons. The second-order valence-corrected chi connectivity index (χ2v) is 6.38. The van der Waals surface area contributed by atoms with Crippen LogP contribution in [-0.4, -0.2) is 16.1 Å². The number of carbonyl (C=O) groups excluding carboxylic acids is 1. The van der Waals surface area contributed by atoms with Gasteiger partial charge in [0.05, 0.1) is 6.07 Å². The molecule has 0 bridgehead atoms. The number of carbonyl (C=O) groups is 1. The second-order valence-electron chi connectivity index (χ2n) is 5.31. The van der Waals surface area contributed by atoms with Crippen molar-refractivity contribution in [3.63, 3.8) is 0 Å². The Morgan fingerprint density at radius 2 is 2.15 bits per heavy atom. The van der Waals surface area contributed by atoms with Crippen LogP contribution in [0.5, 0.6) is 0 Å². The molecular formula is C14H20N4OS. The number of hydrogen-bond acceptors (Lipinski definition) is 5. The summed E-state index contributed by atoms with van der Waals surface area (Å²) in [6.07, 6.45) is 7.55. The van der Waals surface area contributed by atoms with Gasteiger partial charge in [0.15, 0.2) is 0 Å². The molecule has 0 saturated heterocycles. The molecule has 0 aromatic carbocycles. The highest BCUT2D eigenvalue weighted by molar-refractivity contribution is 7.15. The number of unbranched alkanes of at least 4 members (excludes halogenated alkanes) is 2. The van der Waals surface area contributed by atoms with Gasteiger partial charge in [0, 0.05) is 6.42 Å². The Kier molecular flexibility index (Phi) is 5.07. The highest BCUT2D eigenvalue weighted by atomic mass is 32.1. The van der Waals surface area contributed by atoms with Crippen molar-refractivity contribution in [2.75, 3.05) is 5.32 Å². The molecule has 6 heteroatoms. The first-order chi connectivity index (χ1) is 9.70. The van der Waals surface area contributed by atoms with Crippen molar-refractivity contribution in [1.82, 2.24) is 10.2 Å². The van der Waals surface area contributed by atoms with Crippen molar-refractivity contribution in [3.8, 4) is 6.07 Å². The molecule has 0 atom stereocenters. The normalized spacial score (nSPS) is 16.8. The van der Waals surface area contributed by atoms with Gasteiger partial charge in [-0.25, -0.2) is 0 Å². The van der Waals surface area contributed by atoms with Crippen LogP contribution in [0.2, 0.25) is 0 Å². The Hall–Kier alpha value is -1.48. The summed E-state index contributed by atoms with van der Waals surface area (Å²) in [6.45, 7) is 2.16. The van der Waals surface area contributed by atoms with E-state index in [1.165, 1.54) is 24.2 Å². The standard InChI is InChI=1S/C14H20N4OS/c1-2-3-4-7-11-17-18-13(20-11)16-12(19)14(10-15)8-5-6-9-14/h2-9H2,1H3,(H,16,18,19). The van der Waals surface area contributed by atoms with Crippen LogP contribution in [0.15, 0.2) is 0 Å². The third-order valence-electron chi connectivity index (χ3n) is 3.79. The molecule has 1 aliphatic rings. The SMILES string of the molecule is CCCCCc1nnc(NC(=O)C2(C#N)CCCC2)s1. The van der Waals surface area contributed by atoms with E-state index in [1.807, 2.05) is 0 Å². The number of amides is 1. The van der Waals surface area contributed by atoms with E-state index in [1.54, 1.807) is 0 Å². The Morgan fingerprint density at radius 1 is 1.40 bits per heavy atom. The number of rotatable bonds is 6. The van der Waals surface area contributed by atoms with Crippen molar-refractivity contribution in [2.45, 2.75) is 58.3 Å². The zero-order valence-corrected chi connectivity index (χ0v) is 12.6. The molecule has 1 aromatic heterocycles. The number of hydrogen-bond donors (Lipinski definition) is 1. The fourth-order valence-electron chi connectivity index (χ4n) is 2.52. The van der Waals surface area contributed by atoms with Gasteiger partial charge in [-0.2, -0.15) is 5.26 Å². The number of aromatic nitrogens is 2. The summed E-state index contributed by atoms with van der Waals surface area (Å²) in [7, 11) is 0. The van der Waals surface area contributed by atoms with Crippen LogP contribution in [0.4, 0.5) is 5.13 Å². The zero-order valence-electron chi connectivity index (χ0n) is 11.8. The maximum atomic E-state index is 12.2. The van der Waals surface area contributed by atoms with Gasteiger partial charge in [-0.15, -0.1) is 10.2 Å². The maximum Gasteiger partial charge on any atom is 0.246 e. The molecule has 1 aliphatic carbocycles. The van der Waals surface area contributed by atoms with Gasteiger partial charge in [0.25, 0.3) is 0 Å². The third-order valence-corrected chi connectivity index (χ3v) is 4.69. The molecule has 1 heterocycles. The molecular weight excluding hydrogens is 272 g/mol. The summed E-state index contributed by atoms with van der Waals surface area (Å²) < 4.78 is 0. The molecule has 1 saturated carbocycles. The topological polar surface area (TPSA) is 78.7 Å². The Labute approximate surface area is 123 Å².